The van der Waals surface area contributed by atoms with Crippen molar-refractivity contribution >= 4 is 27.0 Å². The van der Waals surface area contributed by atoms with Crippen molar-refractivity contribution in [3.8, 4) is 41.3 Å². The zero-order chi connectivity index (χ0) is 22.7. The van der Waals surface area contributed by atoms with E-state index in [9.17, 15) is 5.26 Å². The predicted molar refractivity (Wildman–Crippen MR) is 118 cm³/mol. The van der Waals surface area contributed by atoms with E-state index in [4.69, 9.17) is 19.5 Å². The molecule has 32 heavy (non-hydrogen) atoms. The lowest BCUT2D eigenvalue weighted by atomic mass is 10.2. The number of hydrogen-bond acceptors (Lipinski definition) is 8. The first-order chi connectivity index (χ1) is 15.5. The number of nitrogens with zero attached hydrogens (tertiary/aromatic N) is 5. The van der Waals surface area contributed by atoms with Crippen LogP contribution in [0.2, 0.25) is 0 Å². The van der Waals surface area contributed by atoms with Crippen molar-refractivity contribution in [3.63, 3.8) is 0 Å². The molecule has 1 aromatic carbocycles. The van der Waals surface area contributed by atoms with Gasteiger partial charge < -0.3 is 19.2 Å². The highest BCUT2D eigenvalue weighted by Gasteiger charge is 2.19. The number of aromatic nitrogens is 4. The highest BCUT2D eigenvalue weighted by Crippen LogP contribution is 2.38. The van der Waals surface area contributed by atoms with Gasteiger partial charge in [0.15, 0.2) is 5.75 Å². The SMILES string of the molecule is CCc1[nH]c2nc(Oc3cncc(C#N)c3)nc(Oc3cc(C#N)cc(OC)c3)c2c1Br. The molecule has 0 amide bonds. The summed E-state index contributed by atoms with van der Waals surface area (Å²) in [7, 11) is 1.51. The summed E-state index contributed by atoms with van der Waals surface area (Å²) in [6.45, 7) is 2.00. The maximum Gasteiger partial charge on any atom is 0.327 e. The van der Waals surface area contributed by atoms with Crippen LogP contribution < -0.4 is 14.2 Å². The van der Waals surface area contributed by atoms with Crippen molar-refractivity contribution in [3.05, 3.63) is 58.0 Å². The smallest absolute Gasteiger partial charge is 0.327 e. The summed E-state index contributed by atoms with van der Waals surface area (Å²) in [5, 5.41) is 19.0. The fourth-order valence-electron chi connectivity index (χ4n) is 2.99. The van der Waals surface area contributed by atoms with Crippen molar-refractivity contribution < 1.29 is 14.2 Å². The molecule has 158 valence electrons. The van der Waals surface area contributed by atoms with Gasteiger partial charge in [0.1, 0.15) is 23.2 Å². The zero-order valence-corrected chi connectivity index (χ0v) is 18.6. The number of pyridine rings is 1. The Hall–Kier alpha value is -4.15. The van der Waals surface area contributed by atoms with E-state index in [0.717, 1.165) is 16.6 Å². The van der Waals surface area contributed by atoms with Gasteiger partial charge in [0, 0.05) is 24.0 Å². The van der Waals surface area contributed by atoms with Crippen molar-refractivity contribution in [2.24, 2.45) is 0 Å². The fraction of sp³-hybridized carbons (Fsp3) is 0.136. The summed E-state index contributed by atoms with van der Waals surface area (Å²) in [5.41, 5.74) is 2.13. The Morgan fingerprint density at radius 2 is 1.72 bits per heavy atom. The molecule has 0 unspecified atom stereocenters. The number of benzene rings is 1. The lowest BCUT2D eigenvalue weighted by molar-refractivity contribution is 0.402. The molecule has 0 bridgehead atoms. The molecule has 0 radical (unpaired) electrons. The van der Waals surface area contributed by atoms with Crippen molar-refractivity contribution in [2.45, 2.75) is 13.3 Å². The summed E-state index contributed by atoms with van der Waals surface area (Å²) in [5.74, 6) is 1.37. The third kappa shape index (κ3) is 4.17. The van der Waals surface area contributed by atoms with Crippen molar-refractivity contribution in [2.75, 3.05) is 7.11 Å². The molecule has 9 nitrogen and oxygen atoms in total. The normalized spacial score (nSPS) is 10.4. The van der Waals surface area contributed by atoms with E-state index >= 15 is 0 Å². The first-order valence-corrected chi connectivity index (χ1v) is 10.2. The number of nitriles is 2. The molecule has 4 aromatic rings. The minimum atomic E-state index is 0.00388. The maximum atomic E-state index is 9.30. The maximum absolute atomic E-state index is 9.30. The summed E-state index contributed by atoms with van der Waals surface area (Å²) in [6, 6.07) is 10.5. The number of nitrogens with one attached hydrogen (secondary N) is 1. The van der Waals surface area contributed by atoms with E-state index < -0.39 is 0 Å². The minimum Gasteiger partial charge on any atom is -0.497 e. The summed E-state index contributed by atoms with van der Waals surface area (Å²) < 4.78 is 17.8. The van der Waals surface area contributed by atoms with E-state index in [1.165, 1.54) is 25.6 Å². The fourth-order valence-corrected chi connectivity index (χ4v) is 3.72. The number of halogens is 1. The van der Waals surface area contributed by atoms with Gasteiger partial charge in [0.25, 0.3) is 0 Å². The van der Waals surface area contributed by atoms with Gasteiger partial charge in [-0.05, 0) is 34.5 Å². The molecule has 0 aliphatic heterocycles. The number of fused-ring (bicyclic) bond motifs is 1. The monoisotopic (exact) mass is 490 g/mol. The Balaban J connectivity index is 1.82. The van der Waals surface area contributed by atoms with Crippen LogP contribution in [0.15, 0.2) is 41.1 Å². The van der Waals surface area contributed by atoms with Gasteiger partial charge in [-0.15, -0.1) is 0 Å². The molecule has 0 saturated carbocycles. The second-order valence-electron chi connectivity index (χ2n) is 6.54. The molecular weight excluding hydrogens is 476 g/mol. The van der Waals surface area contributed by atoms with Crippen molar-refractivity contribution in [1.82, 2.24) is 19.9 Å². The van der Waals surface area contributed by atoms with E-state index in [1.807, 2.05) is 13.0 Å². The first-order valence-electron chi connectivity index (χ1n) is 9.42. The highest BCUT2D eigenvalue weighted by atomic mass is 79.9. The third-order valence-electron chi connectivity index (χ3n) is 4.47. The minimum absolute atomic E-state index is 0.00388. The number of rotatable bonds is 6. The number of aryl methyl sites for hydroxylation is 1. The lowest BCUT2D eigenvalue weighted by Crippen LogP contribution is -1.97. The zero-order valence-electron chi connectivity index (χ0n) is 17.0. The molecule has 0 aliphatic carbocycles. The average molecular weight is 491 g/mol. The number of aromatic amines is 1. The van der Waals surface area contributed by atoms with Gasteiger partial charge in [-0.1, -0.05) is 6.92 Å². The average Bonchev–Trinajstić information content (AvgIpc) is 3.14. The molecule has 1 N–H and O–H groups in total. The van der Waals surface area contributed by atoms with Crippen LogP contribution >= 0.6 is 15.9 Å². The Labute approximate surface area is 191 Å². The Bertz CT molecular complexity index is 1400. The number of hydrogen-bond donors (Lipinski definition) is 1. The van der Waals surface area contributed by atoms with Crippen LogP contribution in [0.3, 0.4) is 0 Å². The van der Waals surface area contributed by atoms with E-state index in [2.05, 4.69) is 41.9 Å². The van der Waals surface area contributed by atoms with Crippen LogP contribution in [-0.2, 0) is 6.42 Å². The predicted octanol–water partition coefficient (Wildman–Crippen LogP) is 5.01. The standard InChI is InChI=1S/C22H15BrN6O3/c1-3-17-19(23)18-20(27-17)28-22(32-16-6-13(9-25)10-26-11-16)29-21(18)31-15-5-12(8-24)4-14(7-15)30-2/h4-7,10-11H,3H2,1-2H3,(H,27,28,29). The largest absolute Gasteiger partial charge is 0.497 e. The Morgan fingerprint density at radius 3 is 2.44 bits per heavy atom. The van der Waals surface area contributed by atoms with Crippen LogP contribution in [0.5, 0.6) is 29.1 Å². The summed E-state index contributed by atoms with van der Waals surface area (Å²) in [6.07, 6.45) is 3.60. The highest BCUT2D eigenvalue weighted by molar-refractivity contribution is 9.10. The van der Waals surface area contributed by atoms with E-state index in [1.54, 1.807) is 18.2 Å². The molecule has 0 aliphatic rings. The molecule has 10 heteroatoms. The van der Waals surface area contributed by atoms with Gasteiger partial charge in [-0.3, -0.25) is 4.98 Å². The molecule has 0 saturated heterocycles. The molecule has 3 heterocycles. The summed E-state index contributed by atoms with van der Waals surface area (Å²) in [4.78, 5) is 16.1. The third-order valence-corrected chi connectivity index (χ3v) is 5.35. The second kappa shape index (κ2) is 8.92. The van der Waals surface area contributed by atoms with E-state index in [0.29, 0.717) is 39.4 Å². The van der Waals surface area contributed by atoms with Crippen LogP contribution in [0.1, 0.15) is 23.7 Å². The molecule has 0 atom stereocenters. The van der Waals surface area contributed by atoms with Gasteiger partial charge in [0.2, 0.25) is 5.88 Å². The second-order valence-corrected chi connectivity index (χ2v) is 7.33. The lowest BCUT2D eigenvalue weighted by Gasteiger charge is -2.10. The van der Waals surface area contributed by atoms with Crippen LogP contribution in [0.25, 0.3) is 11.0 Å². The van der Waals surface area contributed by atoms with Crippen LogP contribution in [-0.4, -0.2) is 27.0 Å². The number of ether oxygens (including phenoxy) is 3. The first kappa shape index (κ1) is 21.1. The van der Waals surface area contributed by atoms with Gasteiger partial charge >= 0.3 is 6.01 Å². The Kier molecular flexibility index (Phi) is 5.88. The van der Waals surface area contributed by atoms with Crippen molar-refractivity contribution in [1.29, 1.82) is 10.5 Å². The quantitative estimate of drug-likeness (QED) is 0.398. The molecule has 0 fully saturated rings. The Morgan fingerprint density at radius 1 is 0.969 bits per heavy atom. The molecule has 4 rings (SSSR count). The van der Waals surface area contributed by atoms with Crippen LogP contribution in [0.4, 0.5) is 0 Å². The molecule has 0 spiro atoms. The molecular formula is C22H15BrN6O3. The number of H-pyrrole nitrogens is 1. The topological polar surface area (TPSA) is 130 Å². The summed E-state index contributed by atoms with van der Waals surface area (Å²) >= 11 is 3.59. The van der Waals surface area contributed by atoms with Crippen LogP contribution in [0, 0.1) is 22.7 Å². The molecule has 3 aromatic heterocycles. The number of methoxy groups -OCH3 is 1. The van der Waals surface area contributed by atoms with Gasteiger partial charge in [0.05, 0.1) is 40.4 Å². The van der Waals surface area contributed by atoms with Gasteiger partial charge in [-0.2, -0.15) is 20.5 Å². The van der Waals surface area contributed by atoms with Gasteiger partial charge in [-0.25, -0.2) is 0 Å². The van der Waals surface area contributed by atoms with E-state index in [-0.39, 0.29) is 11.9 Å².